The lowest BCUT2D eigenvalue weighted by atomic mass is 10.1. The molecule has 15 heteroatoms. The van der Waals surface area contributed by atoms with Gasteiger partial charge in [0, 0.05) is 82.0 Å². The maximum Gasteiger partial charge on any atom is 0.189 e. The third-order valence-corrected chi connectivity index (χ3v) is 9.86. The molecule has 10 nitrogen and oxygen atoms in total. The van der Waals surface area contributed by atoms with Gasteiger partial charge >= 0.3 is 0 Å². The molecular weight excluding hydrogens is 951 g/mol. The second kappa shape index (κ2) is 24.0. The first kappa shape index (κ1) is 49.8. The molecule has 3 heterocycles. The molecule has 0 atom stereocenters. The predicted molar refractivity (Wildman–Crippen MR) is 256 cm³/mol. The minimum absolute atomic E-state index is 0. The van der Waals surface area contributed by atoms with Gasteiger partial charge in [-0.05, 0) is 119 Å². The number of aromatic nitrogens is 6. The summed E-state index contributed by atoms with van der Waals surface area (Å²) < 4.78 is 7.85. The van der Waals surface area contributed by atoms with E-state index in [9.17, 15) is 4.79 Å². The van der Waals surface area contributed by atoms with Crippen LogP contribution in [-0.2, 0) is 6.54 Å². The van der Waals surface area contributed by atoms with Crippen molar-refractivity contribution in [3.63, 3.8) is 0 Å². The lowest BCUT2D eigenvalue weighted by Gasteiger charge is -2.14. The fraction of sp³-hybridized carbons (Fsp3) is 0.200. The van der Waals surface area contributed by atoms with Gasteiger partial charge in [0.05, 0.1) is 40.3 Å². The van der Waals surface area contributed by atoms with Crippen LogP contribution in [0.1, 0.15) is 45.9 Å². The van der Waals surface area contributed by atoms with Crippen molar-refractivity contribution in [1.29, 1.82) is 0 Å². The van der Waals surface area contributed by atoms with E-state index in [1.807, 2.05) is 147 Å². The Morgan fingerprint density at radius 3 is 1.78 bits per heavy atom. The second-order valence-corrected chi connectivity index (χ2v) is 16.0. The molecule has 3 N–H and O–H groups in total. The normalized spacial score (nSPS) is 10.4. The third-order valence-electron chi connectivity index (χ3n) is 8.37. The molecule has 0 radical (unpaired) electrons. The SMILES string of the molecule is CCO.Cc1cn(-c2ccc(Br)cc2-c2ccnn2-c2ccc(Cl)cc2)c(C)n1.Cc1cn(-c2ccc(Br)cc2C(=O)C=CN(C)C)c(C)n1.Cl.NCc1ccc(Cl)cc1. The van der Waals surface area contributed by atoms with E-state index >= 15 is 0 Å². The summed E-state index contributed by atoms with van der Waals surface area (Å²) in [6.07, 6.45) is 9.11. The molecule has 0 fully saturated rings. The number of aliphatic hydroxyl groups is 1. The molecule has 0 amide bonds. The number of benzene rings is 4. The van der Waals surface area contributed by atoms with Crippen molar-refractivity contribution in [2.24, 2.45) is 5.73 Å². The highest BCUT2D eigenvalue weighted by Gasteiger charge is 2.16. The number of nitrogens with two attached hydrogens (primary N) is 1. The Balaban J connectivity index is 0.000000252. The van der Waals surface area contributed by atoms with E-state index in [0.717, 1.165) is 70.9 Å². The van der Waals surface area contributed by atoms with Gasteiger partial charge in [-0.25, -0.2) is 14.6 Å². The maximum absolute atomic E-state index is 12.4. The number of aliphatic hydroxyl groups excluding tert-OH is 1. The molecule has 316 valence electrons. The number of halogens is 5. The minimum Gasteiger partial charge on any atom is -0.397 e. The number of hydrogen-bond acceptors (Lipinski definition) is 7. The molecule has 60 heavy (non-hydrogen) atoms. The lowest BCUT2D eigenvalue weighted by Crippen LogP contribution is -2.07. The van der Waals surface area contributed by atoms with Crippen LogP contribution in [0, 0.1) is 27.7 Å². The molecule has 0 unspecified atom stereocenters. The van der Waals surface area contributed by atoms with Gasteiger partial charge in [0.15, 0.2) is 5.78 Å². The van der Waals surface area contributed by atoms with Crippen molar-refractivity contribution in [3.05, 3.63) is 175 Å². The summed E-state index contributed by atoms with van der Waals surface area (Å²) in [4.78, 5) is 23.2. The number of carbonyl (C=O) groups excluding carboxylic acids is 1. The molecule has 0 saturated heterocycles. The highest BCUT2D eigenvalue weighted by molar-refractivity contribution is 9.10. The van der Waals surface area contributed by atoms with Crippen molar-refractivity contribution in [1.82, 2.24) is 33.8 Å². The Hall–Kier alpha value is -4.53. The fourth-order valence-electron chi connectivity index (χ4n) is 5.79. The summed E-state index contributed by atoms with van der Waals surface area (Å²) in [6.45, 7) is 10.4. The van der Waals surface area contributed by atoms with E-state index in [-0.39, 0.29) is 24.8 Å². The van der Waals surface area contributed by atoms with E-state index in [4.69, 9.17) is 34.0 Å². The molecule has 7 rings (SSSR count). The van der Waals surface area contributed by atoms with Gasteiger partial charge in [0.2, 0.25) is 0 Å². The average Bonchev–Trinajstić information content (AvgIpc) is 3.92. The number of rotatable bonds is 8. The van der Waals surface area contributed by atoms with Crippen molar-refractivity contribution < 1.29 is 9.90 Å². The van der Waals surface area contributed by atoms with Crippen LogP contribution in [0.5, 0.6) is 0 Å². The Bertz CT molecular complexity index is 2480. The largest absolute Gasteiger partial charge is 0.397 e. The first-order chi connectivity index (χ1) is 28.1. The average molecular weight is 1000 g/mol. The molecule has 7 aromatic rings. The van der Waals surface area contributed by atoms with Gasteiger partial charge in [-0.2, -0.15) is 5.10 Å². The summed E-state index contributed by atoms with van der Waals surface area (Å²) in [5.74, 6) is 1.77. The van der Waals surface area contributed by atoms with Crippen LogP contribution in [0.4, 0.5) is 0 Å². The standard InChI is InChI=1S/C20H16BrClN4.C16H18BrN3O.C7H8ClN.C2H6O.ClH/c1-13-12-25(14(2)24-13)19-8-3-15(21)11-18(19)20-9-10-23-26(20)17-6-4-16(22)5-7-17;1-11-10-20(12(2)18-11)15-6-5-13(17)9-14(15)16(21)7-8-19(3)4;8-7-3-1-6(5-9)2-4-7;1-2-3;/h3-12H,1-2H3;5-10H,1-4H3;1-4H,5,9H2;3H,2H2,1H3;1H. The molecule has 0 bridgehead atoms. The zero-order valence-corrected chi connectivity index (χ0v) is 39.9. The predicted octanol–water partition coefficient (Wildman–Crippen LogP) is 11.5. The Kier molecular flexibility index (Phi) is 20.0. The van der Waals surface area contributed by atoms with Crippen LogP contribution in [0.15, 0.2) is 131 Å². The summed E-state index contributed by atoms with van der Waals surface area (Å²) in [5, 5.41) is 13.5. The van der Waals surface area contributed by atoms with Crippen LogP contribution in [0.25, 0.3) is 28.3 Å². The topological polar surface area (TPSA) is 120 Å². The number of allylic oxidation sites excluding steroid dienone is 1. The summed E-state index contributed by atoms with van der Waals surface area (Å²) in [6, 6.07) is 29.1. The molecule has 0 aliphatic rings. The summed E-state index contributed by atoms with van der Waals surface area (Å²) in [5.41, 5.74) is 13.9. The number of imidazole rings is 2. The van der Waals surface area contributed by atoms with Crippen LogP contribution in [-0.4, -0.2) is 65.4 Å². The van der Waals surface area contributed by atoms with Crippen LogP contribution >= 0.6 is 67.5 Å². The van der Waals surface area contributed by atoms with Gasteiger partial charge in [0.1, 0.15) is 11.6 Å². The highest BCUT2D eigenvalue weighted by atomic mass is 79.9. The Morgan fingerprint density at radius 1 is 0.783 bits per heavy atom. The van der Waals surface area contributed by atoms with E-state index in [1.165, 1.54) is 0 Å². The highest BCUT2D eigenvalue weighted by Crippen LogP contribution is 2.32. The quantitative estimate of drug-likeness (QED) is 0.115. The first-order valence-electron chi connectivity index (χ1n) is 18.5. The van der Waals surface area contributed by atoms with Gasteiger partial charge in [-0.3, -0.25) is 4.79 Å². The van der Waals surface area contributed by atoms with Crippen LogP contribution in [0.2, 0.25) is 10.0 Å². The minimum atomic E-state index is -0.0363. The van der Waals surface area contributed by atoms with Gasteiger partial charge in [-0.15, -0.1) is 12.4 Å². The van der Waals surface area contributed by atoms with E-state index < -0.39 is 0 Å². The van der Waals surface area contributed by atoms with E-state index in [0.29, 0.717) is 17.1 Å². The molecule has 0 aliphatic heterocycles. The van der Waals surface area contributed by atoms with Crippen LogP contribution < -0.4 is 5.73 Å². The van der Waals surface area contributed by atoms with Gasteiger partial charge in [0.25, 0.3) is 0 Å². The molecule has 0 aliphatic carbocycles. The van der Waals surface area contributed by atoms with Crippen LogP contribution in [0.3, 0.4) is 0 Å². The van der Waals surface area contributed by atoms with Gasteiger partial charge < -0.3 is 24.9 Å². The molecule has 0 saturated carbocycles. The smallest absolute Gasteiger partial charge is 0.189 e. The summed E-state index contributed by atoms with van der Waals surface area (Å²) in [7, 11) is 3.77. The zero-order valence-electron chi connectivity index (χ0n) is 34.4. The first-order valence-corrected chi connectivity index (χ1v) is 20.9. The third kappa shape index (κ3) is 14.0. The monoisotopic (exact) mass is 996 g/mol. The maximum atomic E-state index is 12.4. The number of aryl methyl sites for hydroxylation is 4. The molecular formula is C45H49Br2Cl3N8O2. The van der Waals surface area contributed by atoms with E-state index in [1.54, 1.807) is 25.4 Å². The Labute approximate surface area is 385 Å². The van der Waals surface area contributed by atoms with Crippen molar-refractivity contribution in [3.8, 4) is 28.3 Å². The number of hydrogen-bond donors (Lipinski definition) is 2. The van der Waals surface area contributed by atoms with E-state index in [2.05, 4.69) is 63.6 Å². The van der Waals surface area contributed by atoms with Crippen molar-refractivity contribution >= 4 is 73.3 Å². The number of nitrogens with zero attached hydrogens (tertiary/aromatic N) is 7. The molecule has 0 spiro atoms. The molecule has 3 aromatic heterocycles. The fourth-order valence-corrected chi connectivity index (χ4v) is 6.76. The van der Waals surface area contributed by atoms with Gasteiger partial charge in [-0.1, -0.05) is 67.2 Å². The second-order valence-electron chi connectivity index (χ2n) is 13.3. The zero-order chi connectivity index (χ0) is 43.2. The Morgan fingerprint density at radius 2 is 1.28 bits per heavy atom. The van der Waals surface area contributed by atoms with Crippen molar-refractivity contribution in [2.75, 3.05) is 20.7 Å². The number of carbonyl (C=O) groups is 1. The lowest BCUT2D eigenvalue weighted by molar-refractivity contribution is 0.104. The van der Waals surface area contributed by atoms with Crippen molar-refractivity contribution in [2.45, 2.75) is 41.2 Å². The summed E-state index contributed by atoms with van der Waals surface area (Å²) >= 11 is 18.7. The molecule has 4 aromatic carbocycles. The number of ketones is 1.